The highest BCUT2D eigenvalue weighted by Gasteiger charge is 2.30. The number of hydrogen-bond donors (Lipinski definition) is 1. The van der Waals surface area contributed by atoms with Gasteiger partial charge in [0, 0.05) is 31.7 Å². The van der Waals surface area contributed by atoms with E-state index in [1.807, 2.05) is 0 Å². The van der Waals surface area contributed by atoms with Gasteiger partial charge in [0.15, 0.2) is 12.4 Å². The van der Waals surface area contributed by atoms with E-state index in [9.17, 15) is 18.0 Å². The number of halogens is 3. The maximum Gasteiger partial charge on any atom is 0.340 e. The number of carbonyl (C=O) groups is 2. The van der Waals surface area contributed by atoms with E-state index in [0.29, 0.717) is 18.7 Å². The van der Waals surface area contributed by atoms with Gasteiger partial charge in [0.25, 0.3) is 0 Å². The van der Waals surface area contributed by atoms with Crippen LogP contribution in [0.15, 0.2) is 47.4 Å². The first-order chi connectivity index (χ1) is 13.8. The van der Waals surface area contributed by atoms with Crippen LogP contribution in [0.4, 0.5) is 0 Å². The minimum absolute atomic E-state index is 0. The first-order valence-corrected chi connectivity index (χ1v) is 11.0. The van der Waals surface area contributed by atoms with Crippen molar-refractivity contribution in [1.29, 1.82) is 0 Å². The standard InChI is InChI=1S/C19H18Cl2N2O5S.ClH/c20-15-11-16(21)18(29(26,27)23-8-6-22-7-9-23)10-14(15)19(25)28-12-17(24)13-4-2-1-3-5-13;/h1-5,10-11,22H,6-9,12H2;1H. The van der Waals surface area contributed by atoms with Gasteiger partial charge in [-0.25, -0.2) is 13.2 Å². The number of nitrogens with zero attached hydrogens (tertiary/aromatic N) is 1. The van der Waals surface area contributed by atoms with Crippen LogP contribution in [-0.4, -0.2) is 57.3 Å². The van der Waals surface area contributed by atoms with Crippen molar-refractivity contribution in [2.24, 2.45) is 0 Å². The Kier molecular flexibility index (Phi) is 8.66. The summed E-state index contributed by atoms with van der Waals surface area (Å²) in [6.45, 7) is 1.10. The largest absolute Gasteiger partial charge is 0.454 e. The molecule has 2 aromatic carbocycles. The van der Waals surface area contributed by atoms with Crippen LogP contribution in [0.3, 0.4) is 0 Å². The normalized spacial score (nSPS) is 14.6. The molecule has 3 rings (SSSR count). The van der Waals surface area contributed by atoms with Gasteiger partial charge in [-0.2, -0.15) is 4.31 Å². The number of sulfonamides is 1. The Balaban J connectivity index is 0.00000320. The second-order valence-corrected chi connectivity index (χ2v) is 9.00. The summed E-state index contributed by atoms with van der Waals surface area (Å²) >= 11 is 12.2. The molecule has 0 bridgehead atoms. The summed E-state index contributed by atoms with van der Waals surface area (Å²) < 4.78 is 32.1. The molecule has 0 spiro atoms. The number of benzene rings is 2. The Hall–Kier alpha value is -1.68. The van der Waals surface area contributed by atoms with Crippen LogP contribution in [0.25, 0.3) is 0 Å². The van der Waals surface area contributed by atoms with Crippen molar-refractivity contribution < 1.29 is 22.7 Å². The molecule has 2 aromatic rings. The molecule has 0 unspecified atom stereocenters. The average molecular weight is 494 g/mol. The Morgan fingerprint density at radius 3 is 2.30 bits per heavy atom. The van der Waals surface area contributed by atoms with Gasteiger partial charge in [-0.15, -0.1) is 12.4 Å². The topological polar surface area (TPSA) is 92.8 Å². The summed E-state index contributed by atoms with van der Waals surface area (Å²) in [6.07, 6.45) is 0. The Morgan fingerprint density at radius 1 is 1.03 bits per heavy atom. The molecule has 1 heterocycles. The molecule has 11 heteroatoms. The third-order valence-electron chi connectivity index (χ3n) is 4.37. The minimum atomic E-state index is -3.91. The van der Waals surface area contributed by atoms with Crippen LogP contribution < -0.4 is 5.32 Å². The monoisotopic (exact) mass is 492 g/mol. The van der Waals surface area contributed by atoms with Gasteiger partial charge in [0.2, 0.25) is 10.0 Å². The van der Waals surface area contributed by atoms with Crippen molar-refractivity contribution in [2.45, 2.75) is 4.90 Å². The number of rotatable bonds is 6. The second kappa shape index (κ2) is 10.6. The number of Topliss-reactive ketones (excluding diaryl/α,β-unsaturated/α-hetero) is 1. The summed E-state index contributed by atoms with van der Waals surface area (Å²) in [5.41, 5.74) is 0.218. The van der Waals surface area contributed by atoms with E-state index >= 15 is 0 Å². The van der Waals surface area contributed by atoms with E-state index in [1.54, 1.807) is 30.3 Å². The van der Waals surface area contributed by atoms with Gasteiger partial charge in [0.1, 0.15) is 4.90 Å². The summed E-state index contributed by atoms with van der Waals surface area (Å²) in [4.78, 5) is 24.3. The zero-order valence-electron chi connectivity index (χ0n) is 15.6. The Morgan fingerprint density at radius 2 is 1.67 bits per heavy atom. The van der Waals surface area contributed by atoms with E-state index in [2.05, 4.69) is 5.32 Å². The average Bonchev–Trinajstić information content (AvgIpc) is 2.73. The van der Waals surface area contributed by atoms with E-state index in [0.717, 1.165) is 6.07 Å². The maximum absolute atomic E-state index is 12.9. The van der Waals surface area contributed by atoms with Crippen molar-refractivity contribution in [2.75, 3.05) is 32.8 Å². The lowest BCUT2D eigenvalue weighted by atomic mass is 10.1. The van der Waals surface area contributed by atoms with E-state index in [1.165, 1.54) is 10.4 Å². The van der Waals surface area contributed by atoms with Gasteiger partial charge in [-0.1, -0.05) is 53.5 Å². The number of ether oxygens (including phenoxy) is 1. The lowest BCUT2D eigenvalue weighted by Gasteiger charge is -2.27. The zero-order chi connectivity index (χ0) is 21.0. The van der Waals surface area contributed by atoms with Gasteiger partial charge in [-0.05, 0) is 12.1 Å². The maximum atomic E-state index is 12.9. The van der Waals surface area contributed by atoms with E-state index < -0.39 is 28.4 Å². The van der Waals surface area contributed by atoms with Crippen LogP contribution in [0, 0.1) is 0 Å². The van der Waals surface area contributed by atoms with E-state index in [-0.39, 0.29) is 46.0 Å². The molecule has 1 aliphatic rings. The molecule has 0 amide bonds. The predicted molar refractivity (Wildman–Crippen MR) is 116 cm³/mol. The highest BCUT2D eigenvalue weighted by atomic mass is 35.5. The second-order valence-electron chi connectivity index (χ2n) is 6.28. The fraction of sp³-hybridized carbons (Fsp3) is 0.263. The van der Waals surface area contributed by atoms with Crippen molar-refractivity contribution in [3.05, 3.63) is 63.6 Å². The third-order valence-corrected chi connectivity index (χ3v) is 7.04. The van der Waals surface area contributed by atoms with Crippen LogP contribution >= 0.6 is 35.6 Å². The molecule has 1 saturated heterocycles. The number of esters is 1. The van der Waals surface area contributed by atoms with Gasteiger partial charge in [-0.3, -0.25) is 4.79 Å². The molecule has 30 heavy (non-hydrogen) atoms. The molecule has 1 N–H and O–H groups in total. The highest BCUT2D eigenvalue weighted by molar-refractivity contribution is 7.89. The molecule has 0 atom stereocenters. The number of ketones is 1. The van der Waals surface area contributed by atoms with Crippen LogP contribution in [-0.2, 0) is 14.8 Å². The molecular formula is C19H19Cl3N2O5S. The first kappa shape index (κ1) is 24.6. The molecule has 0 radical (unpaired) electrons. The summed E-state index contributed by atoms with van der Waals surface area (Å²) in [5, 5.41) is 2.91. The molecule has 0 aromatic heterocycles. The fourth-order valence-corrected chi connectivity index (χ4v) is 5.09. The highest BCUT2D eigenvalue weighted by Crippen LogP contribution is 2.31. The molecular weight excluding hydrogens is 475 g/mol. The molecule has 1 fully saturated rings. The lowest BCUT2D eigenvalue weighted by Crippen LogP contribution is -2.46. The van der Waals surface area contributed by atoms with Crippen molar-refractivity contribution >= 4 is 57.4 Å². The van der Waals surface area contributed by atoms with Crippen molar-refractivity contribution in [1.82, 2.24) is 9.62 Å². The number of carbonyl (C=O) groups excluding carboxylic acids is 2. The van der Waals surface area contributed by atoms with Gasteiger partial charge in [0.05, 0.1) is 15.6 Å². The Labute approximate surface area is 190 Å². The zero-order valence-corrected chi connectivity index (χ0v) is 18.8. The van der Waals surface area contributed by atoms with Crippen LogP contribution in [0.1, 0.15) is 20.7 Å². The van der Waals surface area contributed by atoms with Gasteiger partial charge >= 0.3 is 5.97 Å². The summed E-state index contributed by atoms with van der Waals surface area (Å²) in [6, 6.07) is 10.6. The molecule has 0 aliphatic carbocycles. The number of nitrogens with one attached hydrogen (secondary N) is 1. The van der Waals surface area contributed by atoms with E-state index in [4.69, 9.17) is 27.9 Å². The molecule has 7 nitrogen and oxygen atoms in total. The smallest absolute Gasteiger partial charge is 0.340 e. The van der Waals surface area contributed by atoms with Crippen molar-refractivity contribution in [3.8, 4) is 0 Å². The van der Waals surface area contributed by atoms with Crippen molar-refractivity contribution in [3.63, 3.8) is 0 Å². The molecule has 162 valence electrons. The third kappa shape index (κ3) is 5.51. The van der Waals surface area contributed by atoms with Crippen LogP contribution in [0.2, 0.25) is 10.0 Å². The molecule has 1 aliphatic heterocycles. The summed E-state index contributed by atoms with van der Waals surface area (Å²) in [7, 11) is -3.91. The SMILES string of the molecule is Cl.O=C(COC(=O)c1cc(S(=O)(=O)N2CCNCC2)c(Cl)cc1Cl)c1ccccc1. The quantitative estimate of drug-likeness (QED) is 0.491. The molecule has 0 saturated carbocycles. The Bertz CT molecular complexity index is 1030. The number of hydrogen-bond acceptors (Lipinski definition) is 6. The predicted octanol–water partition coefficient (Wildman–Crippen LogP) is 3.05. The summed E-state index contributed by atoms with van der Waals surface area (Å²) in [5.74, 6) is -1.30. The van der Waals surface area contributed by atoms with Gasteiger partial charge < -0.3 is 10.1 Å². The number of piperazine rings is 1. The van der Waals surface area contributed by atoms with Crippen LogP contribution in [0.5, 0.6) is 0 Å². The minimum Gasteiger partial charge on any atom is -0.454 e. The fourth-order valence-electron chi connectivity index (χ4n) is 2.82. The first-order valence-electron chi connectivity index (χ1n) is 8.76. The lowest BCUT2D eigenvalue weighted by molar-refractivity contribution is 0.0474.